The summed E-state index contributed by atoms with van der Waals surface area (Å²) in [6.07, 6.45) is 1.62. The molecule has 27 heavy (non-hydrogen) atoms. The average molecular weight is 384 g/mol. The largest absolute Gasteiger partial charge is 0.378 e. The molecule has 1 atom stereocenters. The summed E-state index contributed by atoms with van der Waals surface area (Å²) < 4.78 is 13.7. The summed E-state index contributed by atoms with van der Waals surface area (Å²) in [7, 11) is 0. The Balaban J connectivity index is 1.66. The molecule has 0 radical (unpaired) electrons. The lowest BCUT2D eigenvalue weighted by atomic mass is 10.1. The molecule has 0 aliphatic carbocycles. The minimum atomic E-state index is -0.379. The normalized spacial score (nSPS) is 11.7. The molecule has 0 saturated carbocycles. The summed E-state index contributed by atoms with van der Waals surface area (Å²) in [5, 5.41) is 6.58. The van der Waals surface area contributed by atoms with Crippen molar-refractivity contribution >= 4 is 28.9 Å². The predicted molar refractivity (Wildman–Crippen MR) is 106 cm³/mol. The third-order valence-corrected chi connectivity index (χ3v) is 4.30. The van der Waals surface area contributed by atoms with Crippen molar-refractivity contribution in [1.29, 1.82) is 0 Å². The molecular weight excluding hydrogens is 365 g/mol. The van der Waals surface area contributed by atoms with Gasteiger partial charge in [-0.15, -0.1) is 0 Å². The first-order chi connectivity index (χ1) is 13.0. The van der Waals surface area contributed by atoms with Gasteiger partial charge in [-0.3, -0.25) is 4.79 Å². The van der Waals surface area contributed by atoms with Crippen LogP contribution in [0.4, 0.5) is 15.8 Å². The summed E-state index contributed by atoms with van der Waals surface area (Å²) >= 11 is 5.91. The van der Waals surface area contributed by atoms with Crippen LogP contribution in [0.25, 0.3) is 0 Å². The zero-order valence-corrected chi connectivity index (χ0v) is 15.5. The van der Waals surface area contributed by atoms with Gasteiger partial charge in [-0.25, -0.2) is 9.37 Å². The molecule has 4 nitrogen and oxygen atoms in total. The fourth-order valence-corrected chi connectivity index (χ4v) is 2.91. The first-order valence-corrected chi connectivity index (χ1v) is 8.90. The molecule has 2 N–H and O–H groups in total. The van der Waals surface area contributed by atoms with Crippen molar-refractivity contribution < 1.29 is 9.18 Å². The second kappa shape index (κ2) is 8.64. The predicted octanol–water partition coefficient (Wildman–Crippen LogP) is 5.23. The van der Waals surface area contributed by atoms with Gasteiger partial charge in [-0.05, 0) is 48.4 Å². The van der Waals surface area contributed by atoms with Crippen LogP contribution in [-0.4, -0.2) is 10.9 Å². The van der Waals surface area contributed by atoms with Crippen molar-refractivity contribution in [2.45, 2.75) is 19.4 Å². The Morgan fingerprint density at radius 3 is 2.70 bits per heavy atom. The van der Waals surface area contributed by atoms with Gasteiger partial charge in [-0.1, -0.05) is 41.9 Å². The second-order valence-corrected chi connectivity index (χ2v) is 6.56. The quantitative estimate of drug-likeness (QED) is 0.573. The molecule has 0 aliphatic heterocycles. The van der Waals surface area contributed by atoms with Crippen LogP contribution >= 0.6 is 11.6 Å². The third kappa shape index (κ3) is 5.28. The number of nitrogens with one attached hydrogen (secondary N) is 2. The molecule has 1 heterocycles. The number of carbonyl (C=O) groups is 1. The smallest absolute Gasteiger partial charge is 0.228 e. The van der Waals surface area contributed by atoms with Crippen molar-refractivity contribution in [2.24, 2.45) is 0 Å². The minimum Gasteiger partial charge on any atom is -0.378 e. The minimum absolute atomic E-state index is 0.00751. The Kier molecular flexibility index (Phi) is 6.04. The van der Waals surface area contributed by atoms with Gasteiger partial charge < -0.3 is 10.6 Å². The number of pyridine rings is 1. The third-order valence-electron chi connectivity index (χ3n) is 4.09. The highest BCUT2D eigenvalue weighted by Gasteiger charge is 2.10. The summed E-state index contributed by atoms with van der Waals surface area (Å²) in [6.45, 7) is 2.01. The topological polar surface area (TPSA) is 54.0 Å². The summed E-state index contributed by atoms with van der Waals surface area (Å²) in [6, 6.07) is 17.4. The fraction of sp³-hybridized carbons (Fsp3) is 0.143. The van der Waals surface area contributed by atoms with E-state index in [2.05, 4.69) is 15.6 Å². The Hall–Kier alpha value is -2.92. The lowest BCUT2D eigenvalue weighted by molar-refractivity contribution is -0.115. The van der Waals surface area contributed by atoms with Crippen LogP contribution in [0.5, 0.6) is 0 Å². The zero-order valence-electron chi connectivity index (χ0n) is 14.7. The molecule has 0 spiro atoms. The van der Waals surface area contributed by atoms with Crippen LogP contribution in [0.3, 0.4) is 0 Å². The summed E-state index contributed by atoms with van der Waals surface area (Å²) in [4.78, 5) is 16.2. The van der Waals surface area contributed by atoms with Crippen LogP contribution in [0.15, 0.2) is 66.9 Å². The number of anilines is 2. The van der Waals surface area contributed by atoms with E-state index < -0.39 is 0 Å². The van der Waals surface area contributed by atoms with Crippen LogP contribution < -0.4 is 10.6 Å². The lowest BCUT2D eigenvalue weighted by Gasteiger charge is -2.17. The van der Waals surface area contributed by atoms with E-state index in [1.165, 1.54) is 6.07 Å². The number of hydrogen-bond donors (Lipinski definition) is 2. The molecule has 1 aromatic heterocycles. The van der Waals surface area contributed by atoms with E-state index in [9.17, 15) is 9.18 Å². The molecule has 6 heteroatoms. The number of halogens is 2. The Labute approximate surface area is 162 Å². The van der Waals surface area contributed by atoms with Gasteiger partial charge in [0.2, 0.25) is 5.91 Å². The molecule has 138 valence electrons. The summed E-state index contributed by atoms with van der Waals surface area (Å²) in [5.41, 5.74) is 2.88. The maximum atomic E-state index is 13.7. The van der Waals surface area contributed by atoms with Crippen molar-refractivity contribution in [1.82, 2.24) is 4.98 Å². The number of carbonyl (C=O) groups excluding carboxylic acids is 1. The van der Waals surface area contributed by atoms with Gasteiger partial charge in [0.25, 0.3) is 0 Å². The van der Waals surface area contributed by atoms with E-state index in [4.69, 9.17) is 11.6 Å². The van der Waals surface area contributed by atoms with E-state index in [0.29, 0.717) is 16.4 Å². The number of rotatable bonds is 6. The fourth-order valence-electron chi connectivity index (χ4n) is 2.73. The molecular formula is C21H19ClFN3O. The van der Waals surface area contributed by atoms with E-state index in [-0.39, 0.29) is 24.2 Å². The van der Waals surface area contributed by atoms with Gasteiger partial charge in [0.05, 0.1) is 6.42 Å². The number of aromatic nitrogens is 1. The van der Waals surface area contributed by atoms with E-state index >= 15 is 0 Å². The number of hydrogen-bond acceptors (Lipinski definition) is 3. The van der Waals surface area contributed by atoms with Gasteiger partial charge in [0, 0.05) is 23.6 Å². The van der Waals surface area contributed by atoms with Crippen molar-refractivity contribution in [2.75, 3.05) is 10.6 Å². The van der Waals surface area contributed by atoms with Gasteiger partial charge in [0.1, 0.15) is 11.0 Å². The molecule has 0 fully saturated rings. The summed E-state index contributed by atoms with van der Waals surface area (Å²) in [5.74, 6) is -0.644. The van der Waals surface area contributed by atoms with E-state index in [0.717, 1.165) is 11.3 Å². The average Bonchev–Trinajstić information content (AvgIpc) is 2.64. The number of amides is 1. The van der Waals surface area contributed by atoms with Crippen LogP contribution in [0.1, 0.15) is 24.1 Å². The standard InChI is InChI=1S/C21H19ClFN3O/c1-14(25-18-9-10-24-20(22)13-18)15-6-4-7-17(11-15)26-21(27)12-16-5-2-3-8-19(16)23/h2-11,13-14H,12H2,1H3,(H,24,25)(H,26,27). The Morgan fingerprint density at radius 1 is 1.11 bits per heavy atom. The van der Waals surface area contributed by atoms with Crippen molar-refractivity contribution in [3.05, 3.63) is 89.0 Å². The monoisotopic (exact) mass is 383 g/mol. The van der Waals surface area contributed by atoms with E-state index in [1.807, 2.05) is 31.2 Å². The number of nitrogens with zero attached hydrogens (tertiary/aromatic N) is 1. The van der Waals surface area contributed by atoms with Crippen molar-refractivity contribution in [3.63, 3.8) is 0 Å². The molecule has 0 bridgehead atoms. The van der Waals surface area contributed by atoms with Crippen LogP contribution in [0, 0.1) is 5.82 Å². The first-order valence-electron chi connectivity index (χ1n) is 8.52. The highest BCUT2D eigenvalue weighted by atomic mass is 35.5. The van der Waals surface area contributed by atoms with Crippen LogP contribution in [0.2, 0.25) is 5.15 Å². The SMILES string of the molecule is CC(Nc1ccnc(Cl)c1)c1cccc(NC(=O)Cc2ccccc2F)c1. The Morgan fingerprint density at radius 2 is 1.93 bits per heavy atom. The van der Waals surface area contributed by atoms with Gasteiger partial charge in [-0.2, -0.15) is 0 Å². The van der Waals surface area contributed by atoms with Crippen molar-refractivity contribution in [3.8, 4) is 0 Å². The molecule has 1 amide bonds. The van der Waals surface area contributed by atoms with Gasteiger partial charge >= 0.3 is 0 Å². The van der Waals surface area contributed by atoms with Crippen LogP contribution in [-0.2, 0) is 11.2 Å². The second-order valence-electron chi connectivity index (χ2n) is 6.18. The zero-order chi connectivity index (χ0) is 19.2. The highest BCUT2D eigenvalue weighted by molar-refractivity contribution is 6.29. The van der Waals surface area contributed by atoms with E-state index in [1.54, 1.807) is 36.5 Å². The molecule has 2 aromatic carbocycles. The lowest BCUT2D eigenvalue weighted by Crippen LogP contribution is -2.15. The Bertz CT molecular complexity index is 948. The molecule has 3 aromatic rings. The number of benzene rings is 2. The maximum Gasteiger partial charge on any atom is 0.228 e. The highest BCUT2D eigenvalue weighted by Crippen LogP contribution is 2.23. The molecule has 0 saturated heterocycles. The molecule has 3 rings (SSSR count). The first kappa shape index (κ1) is 18.9. The molecule has 1 unspecified atom stereocenters. The van der Waals surface area contributed by atoms with Gasteiger partial charge in [0.15, 0.2) is 0 Å². The maximum absolute atomic E-state index is 13.7. The molecule has 0 aliphatic rings.